The van der Waals surface area contributed by atoms with Crippen LogP contribution in [0.5, 0.6) is 0 Å². The van der Waals surface area contributed by atoms with Crippen molar-refractivity contribution in [1.29, 1.82) is 0 Å². The molecule has 2 aromatic heterocycles. The van der Waals surface area contributed by atoms with Crippen LogP contribution in [0.3, 0.4) is 0 Å². The lowest BCUT2D eigenvalue weighted by Crippen LogP contribution is -2.31. The Bertz CT molecular complexity index is 1190. The molecule has 0 unspecified atom stereocenters. The van der Waals surface area contributed by atoms with E-state index in [1.54, 1.807) is 27.8 Å². The highest BCUT2D eigenvalue weighted by Crippen LogP contribution is 2.23. The van der Waals surface area contributed by atoms with E-state index in [0.29, 0.717) is 41.1 Å². The zero-order chi connectivity index (χ0) is 21.1. The summed E-state index contributed by atoms with van der Waals surface area (Å²) in [6.07, 6.45) is 2.82. The number of carbonyl (C=O) groups is 2. The van der Waals surface area contributed by atoms with Gasteiger partial charge in [0.1, 0.15) is 16.9 Å². The molecule has 2 aromatic carbocycles. The van der Waals surface area contributed by atoms with Crippen LogP contribution >= 0.6 is 0 Å². The SMILES string of the molecule is CCN(CC)C(=O)c1cnn(-c2ccccc2)c1NC(=O)c1ccc2ocnc2c1. The van der Waals surface area contributed by atoms with Crippen molar-refractivity contribution in [1.82, 2.24) is 19.7 Å². The summed E-state index contributed by atoms with van der Waals surface area (Å²) in [6, 6.07) is 14.3. The number of nitrogens with one attached hydrogen (secondary N) is 1. The fourth-order valence-corrected chi connectivity index (χ4v) is 3.25. The van der Waals surface area contributed by atoms with Gasteiger partial charge < -0.3 is 14.6 Å². The minimum Gasteiger partial charge on any atom is -0.443 e. The van der Waals surface area contributed by atoms with Gasteiger partial charge in [0.15, 0.2) is 12.0 Å². The van der Waals surface area contributed by atoms with E-state index in [1.165, 1.54) is 12.6 Å². The predicted molar refractivity (Wildman–Crippen MR) is 113 cm³/mol. The van der Waals surface area contributed by atoms with E-state index in [0.717, 1.165) is 5.69 Å². The number of anilines is 1. The van der Waals surface area contributed by atoms with E-state index in [1.807, 2.05) is 44.2 Å². The standard InChI is InChI=1S/C22H21N5O3/c1-3-26(4-2)22(29)17-13-24-27(16-8-6-5-7-9-16)20(17)25-21(28)15-10-11-19-18(12-15)23-14-30-19/h5-14H,3-4H2,1-2H3,(H,25,28). The van der Waals surface area contributed by atoms with Crippen molar-refractivity contribution in [3.8, 4) is 5.69 Å². The summed E-state index contributed by atoms with van der Waals surface area (Å²) in [5.41, 5.74) is 2.65. The maximum atomic E-state index is 13.0. The van der Waals surface area contributed by atoms with E-state index < -0.39 is 0 Å². The molecule has 4 rings (SSSR count). The van der Waals surface area contributed by atoms with E-state index in [9.17, 15) is 9.59 Å². The summed E-state index contributed by atoms with van der Waals surface area (Å²) in [5, 5.41) is 7.24. The Labute approximate surface area is 173 Å². The molecule has 8 heteroatoms. The summed E-state index contributed by atoms with van der Waals surface area (Å²) in [5.74, 6) is -0.237. The number of fused-ring (bicyclic) bond motifs is 1. The molecule has 0 radical (unpaired) electrons. The molecule has 0 saturated carbocycles. The number of aromatic nitrogens is 3. The zero-order valence-electron chi connectivity index (χ0n) is 16.7. The van der Waals surface area contributed by atoms with Gasteiger partial charge in [-0.25, -0.2) is 9.67 Å². The summed E-state index contributed by atoms with van der Waals surface area (Å²) in [6.45, 7) is 4.94. The Morgan fingerprint density at radius 3 is 2.60 bits per heavy atom. The molecule has 2 heterocycles. The van der Waals surface area contributed by atoms with Gasteiger partial charge >= 0.3 is 0 Å². The number of hydrogen-bond acceptors (Lipinski definition) is 5. The summed E-state index contributed by atoms with van der Waals surface area (Å²) < 4.78 is 6.79. The molecule has 0 aliphatic carbocycles. The van der Waals surface area contributed by atoms with Crippen LogP contribution in [0.15, 0.2) is 65.5 Å². The summed E-state index contributed by atoms with van der Waals surface area (Å²) in [4.78, 5) is 31.8. The van der Waals surface area contributed by atoms with E-state index in [-0.39, 0.29) is 11.8 Å². The maximum absolute atomic E-state index is 13.0. The number of rotatable bonds is 6. The number of oxazole rings is 1. The fraction of sp³-hybridized carbons (Fsp3) is 0.182. The van der Waals surface area contributed by atoms with Crippen molar-refractivity contribution < 1.29 is 14.0 Å². The normalized spacial score (nSPS) is 10.9. The van der Waals surface area contributed by atoms with Crippen LogP contribution in [0.1, 0.15) is 34.6 Å². The quantitative estimate of drug-likeness (QED) is 0.529. The molecule has 2 amide bonds. The van der Waals surface area contributed by atoms with Crippen molar-refractivity contribution in [2.24, 2.45) is 0 Å². The fourth-order valence-electron chi connectivity index (χ4n) is 3.25. The Hall–Kier alpha value is -3.94. The third kappa shape index (κ3) is 3.55. The third-order valence-corrected chi connectivity index (χ3v) is 4.88. The molecule has 0 spiro atoms. The lowest BCUT2D eigenvalue weighted by atomic mass is 10.2. The molecular formula is C22H21N5O3. The lowest BCUT2D eigenvalue weighted by Gasteiger charge is -2.19. The zero-order valence-corrected chi connectivity index (χ0v) is 16.7. The van der Waals surface area contributed by atoms with E-state index in [4.69, 9.17) is 4.42 Å². The number of hydrogen-bond donors (Lipinski definition) is 1. The molecule has 0 fully saturated rings. The van der Waals surface area contributed by atoms with Crippen molar-refractivity contribution in [3.63, 3.8) is 0 Å². The molecule has 8 nitrogen and oxygen atoms in total. The van der Waals surface area contributed by atoms with E-state index >= 15 is 0 Å². The number of amides is 2. The van der Waals surface area contributed by atoms with Crippen molar-refractivity contribution in [3.05, 3.63) is 72.2 Å². The van der Waals surface area contributed by atoms with Crippen LogP contribution < -0.4 is 5.32 Å². The average molecular weight is 403 g/mol. The Morgan fingerprint density at radius 1 is 1.10 bits per heavy atom. The first kappa shape index (κ1) is 19.4. The monoisotopic (exact) mass is 403 g/mol. The Kier molecular flexibility index (Phi) is 5.30. The topological polar surface area (TPSA) is 93.3 Å². The highest BCUT2D eigenvalue weighted by atomic mass is 16.3. The predicted octanol–water partition coefficient (Wildman–Crippen LogP) is 3.75. The van der Waals surface area contributed by atoms with Crippen LogP contribution in [0.25, 0.3) is 16.8 Å². The third-order valence-electron chi connectivity index (χ3n) is 4.88. The molecule has 0 bridgehead atoms. The molecule has 30 heavy (non-hydrogen) atoms. The second-order valence-corrected chi connectivity index (χ2v) is 6.62. The number of carbonyl (C=O) groups excluding carboxylic acids is 2. The molecule has 1 N–H and O–H groups in total. The first-order chi connectivity index (χ1) is 14.6. The molecule has 0 aliphatic rings. The van der Waals surface area contributed by atoms with Crippen LogP contribution in [0, 0.1) is 0 Å². The minimum absolute atomic E-state index is 0.190. The number of para-hydroxylation sites is 1. The average Bonchev–Trinajstić information content (AvgIpc) is 3.41. The second-order valence-electron chi connectivity index (χ2n) is 6.62. The minimum atomic E-state index is -0.369. The van der Waals surface area contributed by atoms with Gasteiger partial charge in [-0.3, -0.25) is 9.59 Å². The van der Waals surface area contributed by atoms with Gasteiger partial charge in [-0.15, -0.1) is 0 Å². The van der Waals surface area contributed by atoms with Crippen LogP contribution in [-0.2, 0) is 0 Å². The largest absolute Gasteiger partial charge is 0.443 e. The van der Waals surface area contributed by atoms with Gasteiger partial charge in [0, 0.05) is 18.7 Å². The van der Waals surface area contributed by atoms with Crippen LogP contribution in [0.4, 0.5) is 5.82 Å². The first-order valence-electron chi connectivity index (χ1n) is 9.69. The van der Waals surface area contributed by atoms with Gasteiger partial charge in [-0.1, -0.05) is 18.2 Å². The molecule has 0 aliphatic heterocycles. The van der Waals surface area contributed by atoms with E-state index in [2.05, 4.69) is 15.4 Å². The van der Waals surface area contributed by atoms with Gasteiger partial charge in [0.05, 0.1) is 11.9 Å². The molecule has 0 atom stereocenters. The van der Waals surface area contributed by atoms with Crippen molar-refractivity contribution in [2.45, 2.75) is 13.8 Å². The first-order valence-corrected chi connectivity index (χ1v) is 9.69. The molecule has 4 aromatic rings. The van der Waals surface area contributed by atoms with Gasteiger partial charge in [-0.05, 0) is 44.2 Å². The molecule has 0 saturated heterocycles. The molecule has 152 valence electrons. The second kappa shape index (κ2) is 8.20. The summed E-state index contributed by atoms with van der Waals surface area (Å²) in [7, 11) is 0. The van der Waals surface area contributed by atoms with Gasteiger partial charge in [-0.2, -0.15) is 5.10 Å². The van der Waals surface area contributed by atoms with Gasteiger partial charge in [0.2, 0.25) is 0 Å². The number of benzene rings is 2. The van der Waals surface area contributed by atoms with Gasteiger partial charge in [0.25, 0.3) is 11.8 Å². The highest BCUT2D eigenvalue weighted by Gasteiger charge is 2.24. The van der Waals surface area contributed by atoms with Crippen molar-refractivity contribution >= 4 is 28.7 Å². The maximum Gasteiger partial charge on any atom is 0.259 e. The molecular weight excluding hydrogens is 382 g/mol. The Balaban J connectivity index is 1.74. The van der Waals surface area contributed by atoms with Crippen LogP contribution in [0.2, 0.25) is 0 Å². The number of nitrogens with zero attached hydrogens (tertiary/aromatic N) is 4. The summed E-state index contributed by atoms with van der Waals surface area (Å²) >= 11 is 0. The van der Waals surface area contributed by atoms with Crippen LogP contribution in [-0.4, -0.2) is 44.6 Å². The van der Waals surface area contributed by atoms with Crippen molar-refractivity contribution in [2.75, 3.05) is 18.4 Å². The Morgan fingerprint density at radius 2 is 1.87 bits per heavy atom. The smallest absolute Gasteiger partial charge is 0.259 e. The lowest BCUT2D eigenvalue weighted by molar-refractivity contribution is 0.0774. The highest BCUT2D eigenvalue weighted by molar-refractivity contribution is 6.09.